The SMILES string of the molecule is NCc1ncn(Cc2nc3ccccc3s2)n1. The Kier molecular flexibility index (Phi) is 2.58. The lowest BCUT2D eigenvalue weighted by Gasteiger charge is -1.94. The minimum atomic E-state index is 0.368. The van der Waals surface area contributed by atoms with Gasteiger partial charge in [0.1, 0.15) is 11.3 Å². The molecule has 2 aromatic heterocycles. The van der Waals surface area contributed by atoms with E-state index in [4.69, 9.17) is 5.73 Å². The monoisotopic (exact) mass is 245 g/mol. The fraction of sp³-hybridized carbons (Fsp3) is 0.182. The van der Waals surface area contributed by atoms with Crippen molar-refractivity contribution in [3.05, 3.63) is 41.4 Å². The van der Waals surface area contributed by atoms with Crippen molar-refractivity contribution in [3.8, 4) is 0 Å². The zero-order valence-corrected chi connectivity index (χ0v) is 9.89. The van der Waals surface area contributed by atoms with Gasteiger partial charge in [-0.1, -0.05) is 12.1 Å². The molecule has 86 valence electrons. The lowest BCUT2D eigenvalue weighted by molar-refractivity contribution is 0.669. The Morgan fingerprint density at radius 3 is 2.94 bits per heavy atom. The zero-order chi connectivity index (χ0) is 11.7. The van der Waals surface area contributed by atoms with Gasteiger partial charge in [-0.3, -0.25) is 0 Å². The highest BCUT2D eigenvalue weighted by Gasteiger charge is 2.05. The summed E-state index contributed by atoms with van der Waals surface area (Å²) in [6, 6.07) is 8.10. The van der Waals surface area contributed by atoms with Crippen molar-refractivity contribution in [2.75, 3.05) is 0 Å². The number of para-hydroxylation sites is 1. The minimum Gasteiger partial charge on any atom is -0.324 e. The number of thiazole rings is 1. The van der Waals surface area contributed by atoms with E-state index >= 15 is 0 Å². The number of rotatable bonds is 3. The Bertz CT molecular complexity index is 609. The van der Waals surface area contributed by atoms with Crippen LogP contribution in [0.1, 0.15) is 10.8 Å². The molecule has 0 atom stereocenters. The molecule has 0 unspecified atom stereocenters. The Labute approximate surface area is 102 Å². The van der Waals surface area contributed by atoms with E-state index in [1.807, 2.05) is 18.2 Å². The van der Waals surface area contributed by atoms with Gasteiger partial charge in [0.05, 0.1) is 23.3 Å². The van der Waals surface area contributed by atoms with Crippen molar-refractivity contribution in [2.45, 2.75) is 13.1 Å². The second-order valence-electron chi connectivity index (χ2n) is 3.64. The maximum absolute atomic E-state index is 5.47. The number of hydrogen-bond acceptors (Lipinski definition) is 5. The van der Waals surface area contributed by atoms with Crippen molar-refractivity contribution < 1.29 is 0 Å². The first kappa shape index (κ1) is 10.4. The number of aromatic nitrogens is 4. The quantitative estimate of drug-likeness (QED) is 0.757. The van der Waals surface area contributed by atoms with Crippen molar-refractivity contribution in [3.63, 3.8) is 0 Å². The summed E-state index contributed by atoms with van der Waals surface area (Å²) in [7, 11) is 0. The first-order valence-electron chi connectivity index (χ1n) is 5.28. The molecule has 0 bridgehead atoms. The number of hydrogen-bond donors (Lipinski definition) is 1. The van der Waals surface area contributed by atoms with Crippen LogP contribution >= 0.6 is 11.3 Å². The van der Waals surface area contributed by atoms with E-state index in [2.05, 4.69) is 21.1 Å². The van der Waals surface area contributed by atoms with Crippen LogP contribution in [0, 0.1) is 0 Å². The highest BCUT2D eigenvalue weighted by molar-refractivity contribution is 7.18. The molecule has 2 N–H and O–H groups in total. The van der Waals surface area contributed by atoms with Crippen LogP contribution in [0.4, 0.5) is 0 Å². The Morgan fingerprint density at radius 2 is 2.18 bits per heavy atom. The molecule has 0 saturated carbocycles. The maximum Gasteiger partial charge on any atom is 0.164 e. The van der Waals surface area contributed by atoms with Gasteiger partial charge < -0.3 is 5.73 Å². The molecule has 0 spiro atoms. The second kappa shape index (κ2) is 4.23. The topological polar surface area (TPSA) is 69.6 Å². The summed E-state index contributed by atoms with van der Waals surface area (Å²) in [5.41, 5.74) is 6.50. The molecule has 0 saturated heterocycles. The molecule has 0 aliphatic carbocycles. The van der Waals surface area contributed by atoms with Gasteiger partial charge in [-0.2, -0.15) is 5.10 Å². The van der Waals surface area contributed by atoms with Crippen molar-refractivity contribution in [2.24, 2.45) is 5.73 Å². The normalized spacial score (nSPS) is 11.1. The molecule has 3 aromatic rings. The summed E-state index contributed by atoms with van der Waals surface area (Å²) in [6.07, 6.45) is 1.69. The van der Waals surface area contributed by atoms with Gasteiger partial charge in [0.25, 0.3) is 0 Å². The maximum atomic E-state index is 5.47. The van der Waals surface area contributed by atoms with Crippen LogP contribution in [-0.4, -0.2) is 19.7 Å². The second-order valence-corrected chi connectivity index (χ2v) is 4.75. The summed E-state index contributed by atoms with van der Waals surface area (Å²) < 4.78 is 2.96. The highest BCUT2D eigenvalue weighted by Crippen LogP contribution is 2.21. The third-order valence-corrected chi connectivity index (χ3v) is 3.42. The molecular weight excluding hydrogens is 234 g/mol. The van der Waals surface area contributed by atoms with Gasteiger partial charge in [-0.05, 0) is 12.1 Å². The molecule has 0 aliphatic heterocycles. The Hall–Kier alpha value is -1.79. The first-order valence-corrected chi connectivity index (χ1v) is 6.09. The van der Waals surface area contributed by atoms with Gasteiger partial charge >= 0.3 is 0 Å². The molecule has 0 amide bonds. The van der Waals surface area contributed by atoms with Crippen molar-refractivity contribution in [1.29, 1.82) is 0 Å². The largest absolute Gasteiger partial charge is 0.324 e. The van der Waals surface area contributed by atoms with Gasteiger partial charge in [-0.25, -0.2) is 14.6 Å². The van der Waals surface area contributed by atoms with Crippen LogP contribution in [0.25, 0.3) is 10.2 Å². The third-order valence-electron chi connectivity index (χ3n) is 2.40. The average molecular weight is 245 g/mol. The first-order chi connectivity index (χ1) is 8.35. The van der Waals surface area contributed by atoms with E-state index in [-0.39, 0.29) is 0 Å². The van der Waals surface area contributed by atoms with Crippen LogP contribution in [0.3, 0.4) is 0 Å². The molecule has 0 aliphatic rings. The minimum absolute atomic E-state index is 0.368. The van der Waals surface area contributed by atoms with E-state index in [1.54, 1.807) is 22.3 Å². The van der Waals surface area contributed by atoms with Crippen LogP contribution in [0.5, 0.6) is 0 Å². The lowest BCUT2D eigenvalue weighted by Crippen LogP contribution is -2.03. The average Bonchev–Trinajstić information content (AvgIpc) is 2.94. The predicted molar refractivity (Wildman–Crippen MR) is 66.6 cm³/mol. The van der Waals surface area contributed by atoms with Crippen LogP contribution in [0.15, 0.2) is 30.6 Å². The van der Waals surface area contributed by atoms with Gasteiger partial charge in [0.15, 0.2) is 5.82 Å². The molecule has 2 heterocycles. The molecule has 5 nitrogen and oxygen atoms in total. The number of benzene rings is 1. The molecule has 0 fully saturated rings. The number of fused-ring (bicyclic) bond motifs is 1. The predicted octanol–water partition coefficient (Wildman–Crippen LogP) is 1.39. The standard InChI is InChI=1S/C11H11N5S/c12-5-10-13-7-16(15-10)6-11-14-8-3-1-2-4-9(8)17-11/h1-4,7H,5-6,12H2. The van der Waals surface area contributed by atoms with Gasteiger partial charge in [0.2, 0.25) is 0 Å². The molecule has 17 heavy (non-hydrogen) atoms. The van der Waals surface area contributed by atoms with Crippen molar-refractivity contribution >= 4 is 21.6 Å². The molecule has 0 radical (unpaired) electrons. The Morgan fingerprint density at radius 1 is 1.29 bits per heavy atom. The van der Waals surface area contributed by atoms with Crippen LogP contribution in [0.2, 0.25) is 0 Å². The summed E-state index contributed by atoms with van der Waals surface area (Å²) in [5.74, 6) is 0.658. The third kappa shape index (κ3) is 2.04. The van der Waals surface area contributed by atoms with Crippen molar-refractivity contribution in [1.82, 2.24) is 19.7 Å². The van der Waals surface area contributed by atoms with Crippen LogP contribution < -0.4 is 5.73 Å². The summed E-state index contributed by atoms with van der Waals surface area (Å²) in [4.78, 5) is 8.63. The zero-order valence-electron chi connectivity index (χ0n) is 9.08. The highest BCUT2D eigenvalue weighted by atomic mass is 32.1. The summed E-state index contributed by atoms with van der Waals surface area (Å²) in [5, 5.41) is 5.27. The van der Waals surface area contributed by atoms with Gasteiger partial charge in [0, 0.05) is 0 Å². The molecule has 1 aromatic carbocycles. The number of nitrogens with two attached hydrogens (primary N) is 1. The number of nitrogens with zero attached hydrogens (tertiary/aromatic N) is 4. The lowest BCUT2D eigenvalue weighted by atomic mass is 10.3. The molecular formula is C11H11N5S. The summed E-state index contributed by atoms with van der Waals surface area (Å²) >= 11 is 1.68. The molecule has 6 heteroatoms. The fourth-order valence-corrected chi connectivity index (χ4v) is 2.59. The Balaban J connectivity index is 1.89. The van der Waals surface area contributed by atoms with E-state index < -0.39 is 0 Å². The van der Waals surface area contributed by atoms with Gasteiger partial charge in [-0.15, -0.1) is 11.3 Å². The van der Waals surface area contributed by atoms with E-state index in [9.17, 15) is 0 Å². The fourth-order valence-electron chi connectivity index (χ4n) is 1.63. The van der Waals surface area contributed by atoms with E-state index in [0.29, 0.717) is 18.9 Å². The smallest absolute Gasteiger partial charge is 0.164 e. The summed E-state index contributed by atoms with van der Waals surface area (Å²) in [6.45, 7) is 1.01. The van der Waals surface area contributed by atoms with E-state index in [0.717, 1.165) is 10.5 Å². The molecule has 3 rings (SSSR count). The van der Waals surface area contributed by atoms with E-state index in [1.165, 1.54) is 4.70 Å². The van der Waals surface area contributed by atoms with Crippen LogP contribution in [-0.2, 0) is 13.1 Å².